The van der Waals surface area contributed by atoms with Gasteiger partial charge in [-0.2, -0.15) is 0 Å². The Kier molecular flexibility index (Phi) is 4.52. The summed E-state index contributed by atoms with van der Waals surface area (Å²) in [6.45, 7) is 2.81. The van der Waals surface area contributed by atoms with Gasteiger partial charge in [0.2, 0.25) is 11.8 Å². The molecule has 0 aliphatic carbocycles. The molecule has 1 aromatic heterocycles. The largest absolute Gasteiger partial charge is 0.477 e. The van der Waals surface area contributed by atoms with Crippen LogP contribution in [0.1, 0.15) is 12.8 Å². The molecule has 2 N–H and O–H groups in total. The van der Waals surface area contributed by atoms with Gasteiger partial charge in [-0.25, -0.2) is 4.98 Å². The number of rotatable bonds is 5. The minimum Gasteiger partial charge on any atom is -0.477 e. The lowest BCUT2D eigenvalue weighted by atomic mass is 9.99. The van der Waals surface area contributed by atoms with Crippen LogP contribution in [0.15, 0.2) is 24.4 Å². The van der Waals surface area contributed by atoms with Gasteiger partial charge >= 0.3 is 0 Å². The van der Waals surface area contributed by atoms with Crippen molar-refractivity contribution in [1.82, 2.24) is 9.88 Å². The molecule has 98 valence electrons. The zero-order chi connectivity index (χ0) is 12.8. The van der Waals surface area contributed by atoms with Crippen LogP contribution >= 0.6 is 0 Å². The van der Waals surface area contributed by atoms with Crippen LogP contribution in [0.25, 0.3) is 0 Å². The molecule has 0 aromatic carbocycles. The van der Waals surface area contributed by atoms with Crippen molar-refractivity contribution in [1.29, 1.82) is 0 Å². The molecule has 1 unspecified atom stereocenters. The van der Waals surface area contributed by atoms with Gasteiger partial charge in [-0.15, -0.1) is 0 Å². The van der Waals surface area contributed by atoms with E-state index in [4.69, 9.17) is 10.5 Å². The van der Waals surface area contributed by atoms with Crippen LogP contribution < -0.4 is 10.5 Å². The van der Waals surface area contributed by atoms with E-state index in [1.165, 1.54) is 0 Å². The highest BCUT2D eigenvalue weighted by Crippen LogP contribution is 2.17. The van der Waals surface area contributed by atoms with Crippen LogP contribution in [0.4, 0.5) is 0 Å². The fraction of sp³-hybridized carbons (Fsp3) is 0.538. The van der Waals surface area contributed by atoms with Crippen LogP contribution in [0.2, 0.25) is 0 Å². The summed E-state index contributed by atoms with van der Waals surface area (Å²) in [6.07, 6.45) is 3.93. The topological polar surface area (TPSA) is 68.5 Å². The van der Waals surface area contributed by atoms with Gasteiger partial charge in [-0.05, 0) is 25.5 Å². The van der Waals surface area contributed by atoms with Gasteiger partial charge in [0.1, 0.15) is 0 Å². The fourth-order valence-electron chi connectivity index (χ4n) is 2.29. The number of nitrogens with two attached hydrogens (primary N) is 1. The van der Waals surface area contributed by atoms with Crippen molar-refractivity contribution in [3.05, 3.63) is 24.4 Å². The zero-order valence-corrected chi connectivity index (χ0v) is 10.4. The fourth-order valence-corrected chi connectivity index (χ4v) is 2.29. The number of carbonyl (C=O) groups excluding carboxylic acids is 1. The summed E-state index contributed by atoms with van der Waals surface area (Å²) in [5, 5.41) is 0. The van der Waals surface area contributed by atoms with Crippen LogP contribution in [-0.4, -0.2) is 42.0 Å². The molecule has 2 rings (SSSR count). The minimum absolute atomic E-state index is 0.263. The predicted molar refractivity (Wildman–Crippen MR) is 68.1 cm³/mol. The molecule has 0 saturated carbocycles. The highest BCUT2D eigenvalue weighted by atomic mass is 16.5. The van der Waals surface area contributed by atoms with E-state index in [-0.39, 0.29) is 5.91 Å². The number of piperidine rings is 1. The number of hydrogen-bond acceptors (Lipinski definition) is 4. The Morgan fingerprint density at radius 2 is 2.44 bits per heavy atom. The molecule has 1 atom stereocenters. The lowest BCUT2D eigenvalue weighted by Gasteiger charge is -2.31. The molecule has 0 radical (unpaired) electrons. The van der Waals surface area contributed by atoms with Gasteiger partial charge in [0.15, 0.2) is 0 Å². The van der Waals surface area contributed by atoms with E-state index in [9.17, 15) is 4.79 Å². The first-order valence-electron chi connectivity index (χ1n) is 6.28. The lowest BCUT2D eigenvalue weighted by molar-refractivity contribution is -0.119. The number of carbonyl (C=O) groups is 1. The first-order chi connectivity index (χ1) is 8.74. The highest BCUT2D eigenvalue weighted by Gasteiger charge is 2.21. The molecule has 1 fully saturated rings. The Labute approximate surface area is 107 Å². The Bertz CT molecular complexity index is 383. The van der Waals surface area contributed by atoms with Gasteiger partial charge in [0, 0.05) is 24.7 Å². The van der Waals surface area contributed by atoms with E-state index >= 15 is 0 Å². The van der Waals surface area contributed by atoms with Gasteiger partial charge < -0.3 is 10.5 Å². The number of likely N-dealkylation sites (tertiary alicyclic amines) is 1. The van der Waals surface area contributed by atoms with Crippen LogP contribution in [0.5, 0.6) is 5.88 Å². The Morgan fingerprint density at radius 3 is 3.17 bits per heavy atom. The molecule has 1 aliphatic heterocycles. The molecule has 1 aliphatic rings. The van der Waals surface area contributed by atoms with Gasteiger partial charge in [-0.3, -0.25) is 9.69 Å². The summed E-state index contributed by atoms with van der Waals surface area (Å²) in [5.41, 5.74) is 5.21. The average molecular weight is 249 g/mol. The maximum Gasteiger partial charge on any atom is 0.231 e. The SMILES string of the molecule is NC(=O)CN1CCCC(COc2ccccn2)C1. The molecule has 2 heterocycles. The van der Waals surface area contributed by atoms with Crippen molar-refractivity contribution in [2.24, 2.45) is 11.7 Å². The van der Waals surface area contributed by atoms with E-state index in [1.807, 2.05) is 18.2 Å². The average Bonchev–Trinajstić information content (AvgIpc) is 2.37. The zero-order valence-electron chi connectivity index (χ0n) is 10.4. The van der Waals surface area contributed by atoms with E-state index < -0.39 is 0 Å². The normalized spacial score (nSPS) is 20.6. The maximum atomic E-state index is 10.9. The molecule has 1 aromatic rings. The molecule has 0 spiro atoms. The minimum atomic E-state index is -0.263. The second kappa shape index (κ2) is 6.35. The summed E-state index contributed by atoms with van der Waals surface area (Å²) in [6, 6.07) is 5.62. The molecular weight excluding hydrogens is 230 g/mol. The number of hydrogen-bond donors (Lipinski definition) is 1. The van der Waals surface area contributed by atoms with Crippen molar-refractivity contribution in [2.45, 2.75) is 12.8 Å². The monoisotopic (exact) mass is 249 g/mol. The third-order valence-electron chi connectivity index (χ3n) is 3.09. The van der Waals surface area contributed by atoms with Crippen LogP contribution in [0, 0.1) is 5.92 Å². The number of ether oxygens (including phenoxy) is 1. The van der Waals surface area contributed by atoms with Gasteiger partial charge in [0.05, 0.1) is 13.2 Å². The van der Waals surface area contributed by atoms with Crippen molar-refractivity contribution >= 4 is 5.91 Å². The molecule has 5 nitrogen and oxygen atoms in total. The van der Waals surface area contributed by atoms with E-state index in [0.29, 0.717) is 24.9 Å². The lowest BCUT2D eigenvalue weighted by Crippen LogP contribution is -2.42. The van der Waals surface area contributed by atoms with E-state index in [0.717, 1.165) is 25.9 Å². The summed E-state index contributed by atoms with van der Waals surface area (Å²) < 4.78 is 5.64. The summed E-state index contributed by atoms with van der Waals surface area (Å²) in [5.74, 6) is 0.839. The second-order valence-electron chi connectivity index (χ2n) is 4.69. The Hall–Kier alpha value is -1.62. The summed E-state index contributed by atoms with van der Waals surface area (Å²) in [7, 11) is 0. The Morgan fingerprint density at radius 1 is 1.56 bits per heavy atom. The number of aromatic nitrogens is 1. The molecule has 1 saturated heterocycles. The first-order valence-corrected chi connectivity index (χ1v) is 6.28. The number of amides is 1. The van der Waals surface area contributed by atoms with Crippen molar-refractivity contribution in [3.63, 3.8) is 0 Å². The van der Waals surface area contributed by atoms with Crippen molar-refractivity contribution < 1.29 is 9.53 Å². The van der Waals surface area contributed by atoms with Crippen molar-refractivity contribution in [3.8, 4) is 5.88 Å². The number of primary amides is 1. The standard InChI is InChI=1S/C13H19N3O2/c14-12(17)9-16-7-3-4-11(8-16)10-18-13-5-1-2-6-15-13/h1-2,5-6,11H,3-4,7-10H2,(H2,14,17). The van der Waals surface area contributed by atoms with Gasteiger partial charge in [-0.1, -0.05) is 6.07 Å². The van der Waals surface area contributed by atoms with E-state index in [2.05, 4.69) is 9.88 Å². The maximum absolute atomic E-state index is 10.9. The van der Waals surface area contributed by atoms with Gasteiger partial charge in [0.25, 0.3) is 0 Å². The highest BCUT2D eigenvalue weighted by molar-refractivity contribution is 5.75. The van der Waals surface area contributed by atoms with E-state index in [1.54, 1.807) is 6.20 Å². The quantitative estimate of drug-likeness (QED) is 0.832. The number of nitrogens with zero attached hydrogens (tertiary/aromatic N) is 2. The van der Waals surface area contributed by atoms with Crippen LogP contribution in [0.3, 0.4) is 0 Å². The number of pyridine rings is 1. The van der Waals surface area contributed by atoms with Crippen LogP contribution in [-0.2, 0) is 4.79 Å². The molecular formula is C13H19N3O2. The smallest absolute Gasteiger partial charge is 0.231 e. The first kappa shape index (κ1) is 12.8. The molecule has 5 heteroatoms. The van der Waals surface area contributed by atoms with Crippen molar-refractivity contribution in [2.75, 3.05) is 26.2 Å². The molecule has 18 heavy (non-hydrogen) atoms. The summed E-state index contributed by atoms with van der Waals surface area (Å²) >= 11 is 0. The summed E-state index contributed by atoms with van der Waals surface area (Å²) in [4.78, 5) is 17.1. The third kappa shape index (κ3) is 4.00. The second-order valence-corrected chi connectivity index (χ2v) is 4.69. The predicted octanol–water partition coefficient (Wildman–Crippen LogP) is 0.658. The molecule has 0 bridgehead atoms. The third-order valence-corrected chi connectivity index (χ3v) is 3.09. The Balaban J connectivity index is 1.77. The molecule has 1 amide bonds.